The van der Waals surface area contributed by atoms with Gasteiger partial charge in [-0.25, -0.2) is 4.98 Å². The Morgan fingerprint density at radius 1 is 0.926 bits per heavy atom. The van der Waals surface area contributed by atoms with Gasteiger partial charge < -0.3 is 14.7 Å². The maximum absolute atomic E-state index is 13.0. The van der Waals surface area contributed by atoms with E-state index in [4.69, 9.17) is 0 Å². The van der Waals surface area contributed by atoms with Crippen molar-refractivity contribution >= 4 is 23.1 Å². The molecule has 1 aromatic heterocycles. The van der Waals surface area contributed by atoms with Gasteiger partial charge in [-0.1, -0.05) is 25.0 Å². The molecule has 0 radical (unpaired) electrons. The van der Waals surface area contributed by atoms with E-state index >= 15 is 0 Å². The number of carbonyl (C=O) groups excluding carboxylic acids is 1. The lowest BCUT2D eigenvalue weighted by Gasteiger charge is -2.27. The van der Waals surface area contributed by atoms with Gasteiger partial charge in [0.15, 0.2) is 0 Å². The summed E-state index contributed by atoms with van der Waals surface area (Å²) in [7, 11) is 1.85. The molecular weight excluding hydrogens is 336 g/mol. The quantitative estimate of drug-likeness (QED) is 0.820. The van der Waals surface area contributed by atoms with Gasteiger partial charge in [0.25, 0.3) is 5.91 Å². The lowest BCUT2D eigenvalue weighted by atomic mass is 10.2. The summed E-state index contributed by atoms with van der Waals surface area (Å²) >= 11 is 0. The first kappa shape index (κ1) is 18.0. The third-order valence-corrected chi connectivity index (χ3v) is 5.67. The molecule has 142 valence electrons. The molecule has 0 unspecified atom stereocenters. The van der Waals surface area contributed by atoms with E-state index in [1.807, 2.05) is 37.4 Å². The molecule has 2 aliphatic rings. The van der Waals surface area contributed by atoms with Crippen LogP contribution in [0.4, 0.5) is 17.2 Å². The van der Waals surface area contributed by atoms with Gasteiger partial charge in [0.1, 0.15) is 5.82 Å². The first-order valence-corrected chi connectivity index (χ1v) is 10.1. The summed E-state index contributed by atoms with van der Waals surface area (Å²) in [4.78, 5) is 24.1. The number of rotatable bonds is 4. The van der Waals surface area contributed by atoms with E-state index < -0.39 is 0 Å². The fourth-order valence-corrected chi connectivity index (χ4v) is 4.20. The molecule has 27 heavy (non-hydrogen) atoms. The van der Waals surface area contributed by atoms with Crippen LogP contribution in [-0.2, 0) is 0 Å². The van der Waals surface area contributed by atoms with Crippen molar-refractivity contribution in [3.63, 3.8) is 0 Å². The predicted octanol–water partition coefficient (Wildman–Crippen LogP) is 4.08. The number of aromatic nitrogens is 1. The molecule has 3 heterocycles. The SMILES string of the molecule is CN1C(=O)c2cccnc2N(CCCN2CCCCCC2)c2ccccc21. The number of pyridine rings is 1. The number of nitrogens with zero attached hydrogens (tertiary/aromatic N) is 4. The highest BCUT2D eigenvalue weighted by atomic mass is 16.2. The van der Waals surface area contributed by atoms with Gasteiger partial charge in [-0.15, -0.1) is 0 Å². The molecule has 2 aromatic rings. The van der Waals surface area contributed by atoms with E-state index in [9.17, 15) is 4.79 Å². The minimum Gasteiger partial charge on any atom is -0.324 e. The molecule has 0 saturated carbocycles. The summed E-state index contributed by atoms with van der Waals surface area (Å²) in [5.41, 5.74) is 2.67. The highest BCUT2D eigenvalue weighted by molar-refractivity contribution is 6.12. The molecule has 5 nitrogen and oxygen atoms in total. The number of anilines is 3. The van der Waals surface area contributed by atoms with Crippen LogP contribution < -0.4 is 9.80 Å². The molecule has 1 fully saturated rings. The highest BCUT2D eigenvalue weighted by Crippen LogP contribution is 2.38. The largest absolute Gasteiger partial charge is 0.324 e. The molecule has 5 heteroatoms. The van der Waals surface area contributed by atoms with Crippen molar-refractivity contribution in [3.8, 4) is 0 Å². The molecule has 0 atom stereocenters. The first-order valence-electron chi connectivity index (χ1n) is 10.1. The summed E-state index contributed by atoms with van der Waals surface area (Å²) in [5, 5.41) is 0. The number of amides is 1. The van der Waals surface area contributed by atoms with Gasteiger partial charge in [0.05, 0.1) is 16.9 Å². The van der Waals surface area contributed by atoms with Crippen LogP contribution in [0, 0.1) is 0 Å². The van der Waals surface area contributed by atoms with Crippen LogP contribution in [0.1, 0.15) is 42.5 Å². The van der Waals surface area contributed by atoms with Gasteiger partial charge in [-0.3, -0.25) is 4.79 Å². The molecule has 1 aromatic carbocycles. The van der Waals surface area contributed by atoms with Crippen molar-refractivity contribution in [2.75, 3.05) is 43.0 Å². The van der Waals surface area contributed by atoms with E-state index in [1.165, 1.54) is 38.8 Å². The molecule has 2 aliphatic heterocycles. The second-order valence-electron chi connectivity index (χ2n) is 7.49. The van der Waals surface area contributed by atoms with Crippen molar-refractivity contribution in [3.05, 3.63) is 48.2 Å². The average Bonchev–Trinajstić information content (AvgIpc) is 3.02. The smallest absolute Gasteiger partial charge is 0.261 e. The Morgan fingerprint density at radius 3 is 2.44 bits per heavy atom. The first-order chi connectivity index (χ1) is 13.3. The fraction of sp³-hybridized carbons (Fsp3) is 0.455. The second-order valence-corrected chi connectivity index (χ2v) is 7.49. The van der Waals surface area contributed by atoms with Gasteiger partial charge >= 0.3 is 0 Å². The number of para-hydroxylation sites is 2. The van der Waals surface area contributed by atoms with E-state index in [0.29, 0.717) is 5.56 Å². The van der Waals surface area contributed by atoms with E-state index in [2.05, 4.69) is 20.9 Å². The zero-order valence-corrected chi connectivity index (χ0v) is 16.1. The molecule has 1 amide bonds. The highest BCUT2D eigenvalue weighted by Gasteiger charge is 2.29. The lowest BCUT2D eigenvalue weighted by Crippen LogP contribution is -2.29. The summed E-state index contributed by atoms with van der Waals surface area (Å²) in [6, 6.07) is 11.9. The number of carbonyl (C=O) groups is 1. The van der Waals surface area contributed by atoms with E-state index in [1.54, 1.807) is 11.1 Å². The van der Waals surface area contributed by atoms with E-state index in [0.717, 1.165) is 36.7 Å². The second kappa shape index (κ2) is 8.09. The van der Waals surface area contributed by atoms with Crippen molar-refractivity contribution in [1.82, 2.24) is 9.88 Å². The predicted molar refractivity (Wildman–Crippen MR) is 110 cm³/mol. The maximum Gasteiger partial charge on any atom is 0.261 e. The molecule has 0 N–H and O–H groups in total. The molecule has 1 saturated heterocycles. The zero-order chi connectivity index (χ0) is 18.6. The van der Waals surface area contributed by atoms with Gasteiger partial charge in [0, 0.05) is 19.8 Å². The van der Waals surface area contributed by atoms with Crippen molar-refractivity contribution in [2.45, 2.75) is 32.1 Å². The number of likely N-dealkylation sites (tertiary alicyclic amines) is 1. The maximum atomic E-state index is 13.0. The topological polar surface area (TPSA) is 39.7 Å². The number of benzene rings is 1. The average molecular weight is 364 g/mol. The van der Waals surface area contributed by atoms with Crippen LogP contribution in [0.5, 0.6) is 0 Å². The minimum atomic E-state index is 0.000526. The molecular formula is C22H28N4O. The van der Waals surface area contributed by atoms with Crippen LogP contribution in [-0.4, -0.2) is 49.0 Å². The number of hydrogen-bond donors (Lipinski definition) is 0. The monoisotopic (exact) mass is 364 g/mol. The fourth-order valence-electron chi connectivity index (χ4n) is 4.20. The molecule has 0 bridgehead atoms. The van der Waals surface area contributed by atoms with Gasteiger partial charge in [-0.2, -0.15) is 0 Å². The van der Waals surface area contributed by atoms with Crippen molar-refractivity contribution in [2.24, 2.45) is 0 Å². The van der Waals surface area contributed by atoms with Crippen molar-refractivity contribution < 1.29 is 4.79 Å². The van der Waals surface area contributed by atoms with Crippen LogP contribution in [0.2, 0.25) is 0 Å². The molecule has 0 spiro atoms. The Kier molecular flexibility index (Phi) is 5.39. The Hall–Kier alpha value is -2.40. The third-order valence-electron chi connectivity index (χ3n) is 5.67. The van der Waals surface area contributed by atoms with Crippen molar-refractivity contribution in [1.29, 1.82) is 0 Å². The number of hydrogen-bond acceptors (Lipinski definition) is 4. The van der Waals surface area contributed by atoms with Crippen LogP contribution in [0.15, 0.2) is 42.6 Å². The number of fused-ring (bicyclic) bond motifs is 2. The zero-order valence-electron chi connectivity index (χ0n) is 16.1. The van der Waals surface area contributed by atoms with Crippen LogP contribution >= 0.6 is 0 Å². The standard InChI is InChI=1S/C22H28N4O/c1-24-19-11-4-5-12-20(19)26(21-18(22(24)27)10-8-13-23-21)17-9-16-25-14-6-2-3-7-15-25/h4-5,8,10-13H,2-3,6-7,9,14-17H2,1H3. The summed E-state index contributed by atoms with van der Waals surface area (Å²) < 4.78 is 0. The summed E-state index contributed by atoms with van der Waals surface area (Å²) in [6.45, 7) is 4.39. The van der Waals surface area contributed by atoms with Crippen LogP contribution in [0.3, 0.4) is 0 Å². The van der Waals surface area contributed by atoms with Crippen LogP contribution in [0.25, 0.3) is 0 Å². The Balaban J connectivity index is 1.60. The van der Waals surface area contributed by atoms with E-state index in [-0.39, 0.29) is 5.91 Å². The normalized spacial score (nSPS) is 17.9. The summed E-state index contributed by atoms with van der Waals surface area (Å²) in [6.07, 6.45) is 8.19. The lowest BCUT2D eigenvalue weighted by molar-refractivity contribution is 0.0994. The summed E-state index contributed by atoms with van der Waals surface area (Å²) in [5.74, 6) is 0.774. The molecule has 4 rings (SSSR count). The Morgan fingerprint density at radius 2 is 1.67 bits per heavy atom. The van der Waals surface area contributed by atoms with Gasteiger partial charge in [0.2, 0.25) is 0 Å². The Bertz CT molecular complexity index is 798. The minimum absolute atomic E-state index is 0.000526. The molecule has 0 aliphatic carbocycles. The van der Waals surface area contributed by atoms with Gasteiger partial charge in [-0.05, 0) is 63.2 Å². The third kappa shape index (κ3) is 3.69. The Labute approximate surface area is 161 Å².